The number of aromatic nitrogens is 4. The van der Waals surface area contributed by atoms with Crippen molar-refractivity contribution < 1.29 is 4.79 Å². The standard InChI is InChI=1S/C17H17N7O/c18-15(25)14-10-19-17(23-16(14)21-11-2-3-11)22-12-4-6-13(7-5-12)24-9-1-8-20-24/h1,4-11H,2-3H2,(H2,18,25)(H2,19,21,22,23). The molecule has 4 rings (SSSR count). The highest BCUT2D eigenvalue weighted by Gasteiger charge is 2.24. The van der Waals surface area contributed by atoms with Crippen molar-refractivity contribution in [1.82, 2.24) is 19.7 Å². The van der Waals surface area contributed by atoms with Crippen LogP contribution in [0.3, 0.4) is 0 Å². The lowest BCUT2D eigenvalue weighted by molar-refractivity contribution is 0.100. The van der Waals surface area contributed by atoms with Gasteiger partial charge in [-0.3, -0.25) is 4.79 Å². The molecule has 0 saturated heterocycles. The Labute approximate surface area is 144 Å². The summed E-state index contributed by atoms with van der Waals surface area (Å²) in [6.07, 6.45) is 7.19. The summed E-state index contributed by atoms with van der Waals surface area (Å²) < 4.78 is 1.78. The Morgan fingerprint density at radius 1 is 1.24 bits per heavy atom. The van der Waals surface area contributed by atoms with Crippen LogP contribution >= 0.6 is 0 Å². The molecule has 0 aliphatic heterocycles. The maximum atomic E-state index is 11.5. The second-order valence-electron chi connectivity index (χ2n) is 5.86. The number of primary amides is 1. The maximum absolute atomic E-state index is 11.5. The Morgan fingerprint density at radius 2 is 2.04 bits per heavy atom. The Hall–Kier alpha value is -3.42. The van der Waals surface area contributed by atoms with Crippen LogP contribution in [-0.2, 0) is 0 Å². The molecule has 4 N–H and O–H groups in total. The fraction of sp³-hybridized carbons (Fsp3) is 0.176. The first-order chi connectivity index (χ1) is 12.2. The lowest BCUT2D eigenvalue weighted by Gasteiger charge is -2.11. The number of hydrogen-bond acceptors (Lipinski definition) is 6. The molecule has 0 atom stereocenters. The zero-order valence-electron chi connectivity index (χ0n) is 13.4. The molecule has 8 nitrogen and oxygen atoms in total. The molecule has 0 bridgehead atoms. The zero-order chi connectivity index (χ0) is 17.2. The van der Waals surface area contributed by atoms with E-state index in [0.717, 1.165) is 24.2 Å². The van der Waals surface area contributed by atoms with Crippen molar-refractivity contribution in [2.75, 3.05) is 10.6 Å². The SMILES string of the molecule is NC(=O)c1cnc(Nc2ccc(-n3cccn3)cc2)nc1NC1CC1. The predicted molar refractivity (Wildman–Crippen MR) is 94.0 cm³/mol. The summed E-state index contributed by atoms with van der Waals surface area (Å²) in [4.78, 5) is 20.1. The topological polar surface area (TPSA) is 111 Å². The van der Waals surface area contributed by atoms with Gasteiger partial charge in [0.2, 0.25) is 5.95 Å². The van der Waals surface area contributed by atoms with Gasteiger partial charge in [0.1, 0.15) is 5.82 Å². The van der Waals surface area contributed by atoms with Crippen molar-refractivity contribution in [3.05, 3.63) is 54.5 Å². The van der Waals surface area contributed by atoms with Crippen molar-refractivity contribution in [2.24, 2.45) is 5.73 Å². The zero-order valence-corrected chi connectivity index (χ0v) is 13.4. The van der Waals surface area contributed by atoms with E-state index >= 15 is 0 Å². The number of carbonyl (C=O) groups excluding carboxylic acids is 1. The van der Waals surface area contributed by atoms with Gasteiger partial charge in [-0.1, -0.05) is 0 Å². The van der Waals surface area contributed by atoms with Gasteiger partial charge in [0.25, 0.3) is 5.91 Å². The van der Waals surface area contributed by atoms with E-state index in [4.69, 9.17) is 5.73 Å². The van der Waals surface area contributed by atoms with E-state index in [1.807, 2.05) is 36.5 Å². The van der Waals surface area contributed by atoms with Crippen LogP contribution in [0.4, 0.5) is 17.5 Å². The molecule has 1 amide bonds. The number of benzene rings is 1. The number of rotatable bonds is 6. The van der Waals surface area contributed by atoms with Crippen LogP contribution in [0.5, 0.6) is 0 Å². The number of carbonyl (C=O) groups is 1. The highest BCUT2D eigenvalue weighted by Crippen LogP contribution is 2.26. The summed E-state index contributed by atoms with van der Waals surface area (Å²) in [6, 6.07) is 9.93. The number of nitrogens with zero attached hydrogens (tertiary/aromatic N) is 4. The summed E-state index contributed by atoms with van der Waals surface area (Å²) in [5, 5.41) is 10.5. The highest BCUT2D eigenvalue weighted by molar-refractivity contribution is 5.97. The minimum atomic E-state index is -0.543. The van der Waals surface area contributed by atoms with E-state index in [1.54, 1.807) is 10.9 Å². The van der Waals surface area contributed by atoms with Gasteiger partial charge < -0.3 is 16.4 Å². The molecule has 1 aromatic carbocycles. The first-order valence-corrected chi connectivity index (χ1v) is 7.99. The molecule has 126 valence electrons. The normalized spacial score (nSPS) is 13.4. The number of nitrogens with one attached hydrogen (secondary N) is 2. The third kappa shape index (κ3) is 3.42. The minimum Gasteiger partial charge on any atom is -0.367 e. The average molecular weight is 335 g/mol. The summed E-state index contributed by atoms with van der Waals surface area (Å²) in [7, 11) is 0. The number of nitrogens with two attached hydrogens (primary N) is 1. The van der Waals surface area contributed by atoms with Crippen molar-refractivity contribution in [3.63, 3.8) is 0 Å². The molecule has 1 saturated carbocycles. The van der Waals surface area contributed by atoms with Gasteiger partial charge in [-0.15, -0.1) is 0 Å². The van der Waals surface area contributed by atoms with Crippen LogP contribution in [0.25, 0.3) is 5.69 Å². The first kappa shape index (κ1) is 15.1. The molecule has 1 aliphatic rings. The fourth-order valence-electron chi connectivity index (χ4n) is 2.40. The second kappa shape index (κ2) is 6.23. The Balaban J connectivity index is 1.54. The summed E-state index contributed by atoms with van der Waals surface area (Å²) >= 11 is 0. The van der Waals surface area contributed by atoms with Crippen LogP contribution in [0.1, 0.15) is 23.2 Å². The van der Waals surface area contributed by atoms with Crippen LogP contribution in [0.15, 0.2) is 48.9 Å². The molecule has 25 heavy (non-hydrogen) atoms. The molecule has 2 heterocycles. The number of amides is 1. The van der Waals surface area contributed by atoms with Gasteiger partial charge in [0.15, 0.2) is 0 Å². The fourth-order valence-corrected chi connectivity index (χ4v) is 2.40. The van der Waals surface area contributed by atoms with E-state index in [-0.39, 0.29) is 0 Å². The van der Waals surface area contributed by atoms with Crippen LogP contribution < -0.4 is 16.4 Å². The molecule has 1 fully saturated rings. The first-order valence-electron chi connectivity index (χ1n) is 7.99. The summed E-state index contributed by atoms with van der Waals surface area (Å²) in [5.74, 6) is 0.332. The molecular weight excluding hydrogens is 318 g/mol. The third-order valence-electron chi connectivity index (χ3n) is 3.86. The minimum absolute atomic E-state index is 0.298. The molecular formula is C17H17N7O. The molecule has 2 aromatic heterocycles. The smallest absolute Gasteiger partial charge is 0.254 e. The van der Waals surface area contributed by atoms with Crippen LogP contribution in [0.2, 0.25) is 0 Å². The van der Waals surface area contributed by atoms with Gasteiger partial charge in [0, 0.05) is 30.3 Å². The molecule has 0 unspecified atom stereocenters. The average Bonchev–Trinajstić information content (AvgIpc) is 3.25. The lowest BCUT2D eigenvalue weighted by atomic mass is 10.2. The Bertz CT molecular complexity index is 886. The van der Waals surface area contributed by atoms with E-state index < -0.39 is 5.91 Å². The summed E-state index contributed by atoms with van der Waals surface area (Å²) in [5.41, 5.74) is 7.48. The van der Waals surface area contributed by atoms with Gasteiger partial charge in [-0.25, -0.2) is 9.67 Å². The quantitative estimate of drug-likeness (QED) is 0.636. The van der Waals surface area contributed by atoms with Crippen LogP contribution in [0, 0.1) is 0 Å². The Morgan fingerprint density at radius 3 is 2.68 bits per heavy atom. The van der Waals surface area contributed by atoms with E-state index in [0.29, 0.717) is 23.4 Å². The van der Waals surface area contributed by atoms with E-state index in [9.17, 15) is 4.79 Å². The highest BCUT2D eigenvalue weighted by atomic mass is 16.1. The predicted octanol–water partition coefficient (Wildman–Crippen LogP) is 2.08. The van der Waals surface area contributed by atoms with Gasteiger partial charge in [-0.05, 0) is 43.2 Å². The van der Waals surface area contributed by atoms with E-state index in [1.165, 1.54) is 6.20 Å². The Kier molecular flexibility index (Phi) is 3.77. The van der Waals surface area contributed by atoms with Crippen molar-refractivity contribution in [3.8, 4) is 5.69 Å². The van der Waals surface area contributed by atoms with Gasteiger partial charge >= 0.3 is 0 Å². The monoisotopic (exact) mass is 335 g/mol. The molecule has 1 aliphatic carbocycles. The molecule has 8 heteroatoms. The van der Waals surface area contributed by atoms with Gasteiger partial charge in [-0.2, -0.15) is 10.1 Å². The second-order valence-corrected chi connectivity index (χ2v) is 5.86. The summed E-state index contributed by atoms with van der Waals surface area (Å²) in [6.45, 7) is 0. The number of anilines is 3. The number of hydrogen-bond donors (Lipinski definition) is 3. The lowest BCUT2D eigenvalue weighted by Crippen LogP contribution is -2.17. The van der Waals surface area contributed by atoms with E-state index in [2.05, 4.69) is 25.7 Å². The van der Waals surface area contributed by atoms with Gasteiger partial charge in [0.05, 0.1) is 11.3 Å². The third-order valence-corrected chi connectivity index (χ3v) is 3.86. The van der Waals surface area contributed by atoms with Crippen molar-refractivity contribution in [1.29, 1.82) is 0 Å². The molecule has 3 aromatic rings. The molecule has 0 spiro atoms. The van der Waals surface area contributed by atoms with Crippen molar-refractivity contribution >= 4 is 23.4 Å². The molecule has 0 radical (unpaired) electrons. The van der Waals surface area contributed by atoms with Crippen LogP contribution in [-0.4, -0.2) is 31.7 Å². The largest absolute Gasteiger partial charge is 0.367 e. The van der Waals surface area contributed by atoms with Crippen molar-refractivity contribution in [2.45, 2.75) is 18.9 Å². The maximum Gasteiger partial charge on any atom is 0.254 e.